The molecule has 7 nitrogen and oxygen atoms in total. The van der Waals surface area contributed by atoms with Gasteiger partial charge in [-0.05, 0) is 30.5 Å². The number of hydrogen-bond donors (Lipinski definition) is 2. The van der Waals surface area contributed by atoms with Crippen LogP contribution in [-0.4, -0.2) is 33.2 Å². The van der Waals surface area contributed by atoms with Gasteiger partial charge in [0, 0.05) is 17.8 Å². The standard InChI is InChI=1S/C16H18ClN5O2/c17-12-4-1-3-11(7-12)14-5-2-6-22(14)16(24)20-13-8-19-21(9-13)10-15(18)23/h1,3-4,7-9,14H,2,5-6,10H2,(H2,18,23)(H,20,24)/t14-/m0/s1. The van der Waals surface area contributed by atoms with E-state index in [0.717, 1.165) is 18.4 Å². The Labute approximate surface area is 144 Å². The van der Waals surface area contributed by atoms with Crippen molar-refractivity contribution in [1.82, 2.24) is 14.7 Å². The zero-order chi connectivity index (χ0) is 17.1. The average Bonchev–Trinajstić information content (AvgIpc) is 3.16. The molecule has 0 radical (unpaired) electrons. The molecule has 3 amide bonds. The Kier molecular flexibility index (Phi) is 4.71. The van der Waals surface area contributed by atoms with Crippen LogP contribution < -0.4 is 11.1 Å². The van der Waals surface area contributed by atoms with Crippen molar-refractivity contribution < 1.29 is 9.59 Å². The van der Waals surface area contributed by atoms with Crippen molar-refractivity contribution in [3.05, 3.63) is 47.2 Å². The molecule has 0 spiro atoms. The Morgan fingerprint density at radius 2 is 2.25 bits per heavy atom. The molecule has 2 heterocycles. The van der Waals surface area contributed by atoms with Gasteiger partial charge in [-0.2, -0.15) is 5.10 Å². The van der Waals surface area contributed by atoms with E-state index in [1.807, 2.05) is 24.3 Å². The highest BCUT2D eigenvalue weighted by Gasteiger charge is 2.30. The molecule has 126 valence electrons. The molecule has 24 heavy (non-hydrogen) atoms. The van der Waals surface area contributed by atoms with Gasteiger partial charge >= 0.3 is 6.03 Å². The molecule has 1 saturated heterocycles. The molecule has 1 aromatic heterocycles. The number of nitrogens with two attached hydrogens (primary N) is 1. The van der Waals surface area contributed by atoms with E-state index in [4.69, 9.17) is 17.3 Å². The number of rotatable bonds is 4. The number of carbonyl (C=O) groups excluding carboxylic acids is 2. The third kappa shape index (κ3) is 3.68. The number of nitrogens with zero attached hydrogens (tertiary/aromatic N) is 3. The predicted octanol–water partition coefficient (Wildman–Crippen LogP) is 2.39. The molecule has 1 aromatic carbocycles. The van der Waals surface area contributed by atoms with Crippen LogP contribution in [0.4, 0.5) is 10.5 Å². The molecule has 1 fully saturated rings. The van der Waals surface area contributed by atoms with Crippen LogP contribution in [0.25, 0.3) is 0 Å². The first-order valence-corrected chi connectivity index (χ1v) is 8.04. The molecule has 1 atom stereocenters. The molecule has 3 N–H and O–H groups in total. The van der Waals surface area contributed by atoms with Gasteiger partial charge in [0.25, 0.3) is 0 Å². The Morgan fingerprint density at radius 3 is 3.00 bits per heavy atom. The van der Waals surface area contributed by atoms with E-state index in [0.29, 0.717) is 17.3 Å². The van der Waals surface area contributed by atoms with Crippen LogP contribution in [0.15, 0.2) is 36.7 Å². The van der Waals surface area contributed by atoms with E-state index in [1.165, 1.54) is 10.9 Å². The first-order valence-electron chi connectivity index (χ1n) is 7.67. The Hall–Kier alpha value is -2.54. The van der Waals surface area contributed by atoms with Gasteiger partial charge in [-0.3, -0.25) is 9.48 Å². The summed E-state index contributed by atoms with van der Waals surface area (Å²) in [5.41, 5.74) is 6.68. The highest BCUT2D eigenvalue weighted by atomic mass is 35.5. The van der Waals surface area contributed by atoms with E-state index >= 15 is 0 Å². The zero-order valence-electron chi connectivity index (χ0n) is 13.0. The lowest BCUT2D eigenvalue weighted by Crippen LogP contribution is -2.34. The monoisotopic (exact) mass is 347 g/mol. The number of benzene rings is 1. The molecular weight excluding hydrogens is 330 g/mol. The normalized spacial score (nSPS) is 17.0. The van der Waals surface area contributed by atoms with Crippen molar-refractivity contribution in [3.63, 3.8) is 0 Å². The van der Waals surface area contributed by atoms with Crippen molar-refractivity contribution in [1.29, 1.82) is 0 Å². The van der Waals surface area contributed by atoms with Crippen LogP contribution in [0.3, 0.4) is 0 Å². The van der Waals surface area contributed by atoms with Crippen LogP contribution >= 0.6 is 11.6 Å². The molecule has 8 heteroatoms. The number of likely N-dealkylation sites (tertiary alicyclic amines) is 1. The van der Waals surface area contributed by atoms with Gasteiger partial charge in [-0.1, -0.05) is 23.7 Å². The van der Waals surface area contributed by atoms with E-state index in [2.05, 4.69) is 10.4 Å². The summed E-state index contributed by atoms with van der Waals surface area (Å²) in [6.07, 6.45) is 4.90. The summed E-state index contributed by atoms with van der Waals surface area (Å²) in [6.45, 7) is 0.656. The van der Waals surface area contributed by atoms with Crippen LogP contribution in [0.5, 0.6) is 0 Å². The molecule has 0 saturated carbocycles. The number of aromatic nitrogens is 2. The Bertz CT molecular complexity index is 760. The van der Waals surface area contributed by atoms with Gasteiger partial charge in [0.2, 0.25) is 5.91 Å². The molecule has 0 unspecified atom stereocenters. The first kappa shape index (κ1) is 16.3. The lowest BCUT2D eigenvalue weighted by Gasteiger charge is -2.25. The van der Waals surface area contributed by atoms with Crippen molar-refractivity contribution in [2.75, 3.05) is 11.9 Å². The average molecular weight is 348 g/mol. The number of anilines is 1. The summed E-state index contributed by atoms with van der Waals surface area (Å²) in [5, 5.41) is 7.46. The summed E-state index contributed by atoms with van der Waals surface area (Å²) >= 11 is 6.06. The summed E-state index contributed by atoms with van der Waals surface area (Å²) < 4.78 is 1.39. The fraction of sp³-hybridized carbons (Fsp3) is 0.312. The van der Waals surface area contributed by atoms with Gasteiger partial charge < -0.3 is 16.0 Å². The van der Waals surface area contributed by atoms with E-state index in [1.54, 1.807) is 11.1 Å². The summed E-state index contributed by atoms with van der Waals surface area (Å²) in [7, 11) is 0. The molecule has 1 aliphatic heterocycles. The maximum atomic E-state index is 12.6. The molecule has 2 aromatic rings. The second kappa shape index (κ2) is 6.92. The fourth-order valence-corrected chi connectivity index (χ4v) is 3.14. The second-order valence-corrected chi connectivity index (χ2v) is 6.17. The number of nitrogens with one attached hydrogen (secondary N) is 1. The minimum absolute atomic E-state index is 0.00404. The van der Waals surface area contributed by atoms with E-state index in [-0.39, 0.29) is 18.6 Å². The van der Waals surface area contributed by atoms with Gasteiger partial charge in [-0.15, -0.1) is 0 Å². The number of carbonyl (C=O) groups is 2. The molecule has 1 aliphatic rings. The highest BCUT2D eigenvalue weighted by molar-refractivity contribution is 6.30. The van der Waals surface area contributed by atoms with Gasteiger partial charge in [0.1, 0.15) is 6.54 Å². The number of primary amides is 1. The smallest absolute Gasteiger partial charge is 0.322 e. The predicted molar refractivity (Wildman–Crippen MR) is 90.6 cm³/mol. The van der Waals surface area contributed by atoms with Gasteiger partial charge in [0.05, 0.1) is 17.9 Å². The second-order valence-electron chi connectivity index (χ2n) is 5.73. The minimum atomic E-state index is -0.489. The van der Waals surface area contributed by atoms with E-state index < -0.39 is 5.91 Å². The molecule has 0 aliphatic carbocycles. The maximum Gasteiger partial charge on any atom is 0.322 e. The Morgan fingerprint density at radius 1 is 1.42 bits per heavy atom. The van der Waals surface area contributed by atoms with Gasteiger partial charge in [0.15, 0.2) is 0 Å². The third-order valence-electron chi connectivity index (χ3n) is 3.95. The van der Waals surface area contributed by atoms with Crippen LogP contribution in [0.2, 0.25) is 5.02 Å². The lowest BCUT2D eigenvalue weighted by molar-refractivity contribution is -0.118. The van der Waals surface area contributed by atoms with Crippen molar-refractivity contribution in [3.8, 4) is 0 Å². The Balaban J connectivity index is 1.69. The minimum Gasteiger partial charge on any atom is -0.368 e. The largest absolute Gasteiger partial charge is 0.368 e. The maximum absolute atomic E-state index is 12.6. The van der Waals surface area contributed by atoms with E-state index in [9.17, 15) is 9.59 Å². The zero-order valence-corrected chi connectivity index (χ0v) is 13.7. The number of hydrogen-bond acceptors (Lipinski definition) is 3. The van der Waals surface area contributed by atoms with Crippen molar-refractivity contribution in [2.45, 2.75) is 25.4 Å². The van der Waals surface area contributed by atoms with Crippen molar-refractivity contribution >= 4 is 29.2 Å². The summed E-state index contributed by atoms with van der Waals surface area (Å²) in [5.74, 6) is -0.489. The topological polar surface area (TPSA) is 93.2 Å². The molecule has 0 bridgehead atoms. The molecule has 3 rings (SSSR count). The first-order chi connectivity index (χ1) is 11.5. The number of halogens is 1. The molecular formula is C16H18ClN5O2. The van der Waals surface area contributed by atoms with Crippen LogP contribution in [-0.2, 0) is 11.3 Å². The third-order valence-corrected chi connectivity index (χ3v) is 4.18. The summed E-state index contributed by atoms with van der Waals surface area (Å²) in [6, 6.07) is 7.38. The highest BCUT2D eigenvalue weighted by Crippen LogP contribution is 2.33. The number of urea groups is 1. The lowest BCUT2D eigenvalue weighted by atomic mass is 10.1. The van der Waals surface area contributed by atoms with Crippen LogP contribution in [0.1, 0.15) is 24.4 Å². The fourth-order valence-electron chi connectivity index (χ4n) is 2.94. The van der Waals surface area contributed by atoms with Gasteiger partial charge in [-0.25, -0.2) is 4.79 Å². The quantitative estimate of drug-likeness (QED) is 0.889. The van der Waals surface area contributed by atoms with Crippen LogP contribution in [0, 0.1) is 0 Å². The SMILES string of the molecule is NC(=O)Cn1cc(NC(=O)N2CCC[C@H]2c2cccc(Cl)c2)cn1. The van der Waals surface area contributed by atoms with Crippen molar-refractivity contribution in [2.24, 2.45) is 5.73 Å². The number of amides is 3. The summed E-state index contributed by atoms with van der Waals surface area (Å²) in [4.78, 5) is 25.2.